The Morgan fingerprint density at radius 3 is 2.57 bits per heavy atom. The quantitative estimate of drug-likeness (QED) is 0.643. The fourth-order valence-corrected chi connectivity index (χ4v) is 3.89. The van der Waals surface area contributed by atoms with Crippen molar-refractivity contribution in [2.24, 2.45) is 0 Å². The van der Waals surface area contributed by atoms with Gasteiger partial charge in [-0.15, -0.1) is 0 Å². The molecule has 0 saturated carbocycles. The van der Waals surface area contributed by atoms with Crippen LogP contribution in [0.3, 0.4) is 0 Å². The highest BCUT2D eigenvalue weighted by molar-refractivity contribution is 5.75. The molecule has 158 valence electrons. The van der Waals surface area contributed by atoms with Gasteiger partial charge in [-0.3, -0.25) is 9.59 Å². The summed E-state index contributed by atoms with van der Waals surface area (Å²) in [6, 6.07) is 9.91. The first-order valence-corrected chi connectivity index (χ1v) is 10.6. The molecule has 0 bridgehead atoms. The predicted molar refractivity (Wildman–Crippen MR) is 115 cm³/mol. The van der Waals surface area contributed by atoms with Crippen LogP contribution >= 0.6 is 0 Å². The van der Waals surface area contributed by atoms with E-state index >= 15 is 0 Å². The molecule has 1 aromatic carbocycles. The molecule has 8 heteroatoms. The molecule has 0 spiro atoms. The molecular formula is C22H28N6O2. The number of aryl methyl sites for hydroxylation is 2. The largest absolute Gasteiger partial charge is 0.353 e. The van der Waals surface area contributed by atoms with Crippen LogP contribution in [-0.4, -0.2) is 56.4 Å². The van der Waals surface area contributed by atoms with Crippen molar-refractivity contribution in [3.05, 3.63) is 52.1 Å². The third-order valence-electron chi connectivity index (χ3n) is 5.64. The van der Waals surface area contributed by atoms with Crippen LogP contribution in [0.25, 0.3) is 16.8 Å². The summed E-state index contributed by atoms with van der Waals surface area (Å²) in [5.74, 6) is 0.355. The number of amides is 1. The topological polar surface area (TPSA) is 84.5 Å². The molecule has 1 amide bonds. The van der Waals surface area contributed by atoms with Crippen LogP contribution in [0.2, 0.25) is 0 Å². The molecule has 1 saturated heterocycles. The Kier molecular flexibility index (Phi) is 5.94. The summed E-state index contributed by atoms with van der Waals surface area (Å²) in [5, 5.41) is 11.7. The van der Waals surface area contributed by atoms with E-state index in [-0.39, 0.29) is 18.0 Å². The molecule has 0 radical (unpaired) electrons. The Balaban J connectivity index is 1.50. The lowest BCUT2D eigenvalue weighted by Gasteiger charge is -2.14. The Morgan fingerprint density at radius 2 is 1.87 bits per heavy atom. The number of fused-ring (bicyclic) bond motifs is 1. The van der Waals surface area contributed by atoms with E-state index in [4.69, 9.17) is 0 Å². The number of nitrogens with zero attached hydrogens (tertiary/aromatic N) is 5. The van der Waals surface area contributed by atoms with Gasteiger partial charge in [0.1, 0.15) is 17.9 Å². The number of carbonyl (C=O) groups excluding carboxylic acids is 1. The first kappa shape index (κ1) is 20.3. The normalized spacial score (nSPS) is 14.5. The number of benzene rings is 1. The molecule has 0 aliphatic carbocycles. The summed E-state index contributed by atoms with van der Waals surface area (Å²) >= 11 is 0. The predicted octanol–water partition coefficient (Wildman–Crippen LogP) is 1.64. The standard InChI is InChI=1S/C22H28N6O2/c1-3-17-6-8-18(9-7-17)19-14-20-22(30)27(24-16(2)28(20)25-19)15-21(29)23-10-13-26-11-4-5-12-26/h6-9,14H,3-5,10-13,15H2,1-2H3,(H,23,29). The molecule has 1 N–H and O–H groups in total. The van der Waals surface area contributed by atoms with Crippen molar-refractivity contribution in [2.75, 3.05) is 26.2 Å². The Labute approximate surface area is 175 Å². The lowest BCUT2D eigenvalue weighted by molar-refractivity contribution is -0.121. The molecular weight excluding hydrogens is 380 g/mol. The van der Waals surface area contributed by atoms with Crippen molar-refractivity contribution >= 4 is 11.4 Å². The molecule has 8 nitrogen and oxygen atoms in total. The molecule has 4 rings (SSSR count). The summed E-state index contributed by atoms with van der Waals surface area (Å²) in [7, 11) is 0. The van der Waals surface area contributed by atoms with Crippen LogP contribution in [0.15, 0.2) is 35.1 Å². The Hall–Kier alpha value is -3.00. The van der Waals surface area contributed by atoms with Crippen LogP contribution in [0.1, 0.15) is 31.2 Å². The maximum atomic E-state index is 12.9. The van der Waals surface area contributed by atoms with Gasteiger partial charge in [0.25, 0.3) is 5.56 Å². The van der Waals surface area contributed by atoms with Gasteiger partial charge < -0.3 is 10.2 Å². The van der Waals surface area contributed by atoms with Gasteiger partial charge in [-0.2, -0.15) is 10.2 Å². The summed E-state index contributed by atoms with van der Waals surface area (Å²) in [6.45, 7) is 7.41. The van der Waals surface area contributed by atoms with Gasteiger partial charge in [-0.25, -0.2) is 9.20 Å². The SMILES string of the molecule is CCc1ccc(-c2cc3c(=O)n(CC(=O)NCCN4CCCC4)nc(C)n3n2)cc1. The van der Waals surface area contributed by atoms with E-state index < -0.39 is 0 Å². The zero-order valence-corrected chi connectivity index (χ0v) is 17.6. The van der Waals surface area contributed by atoms with E-state index in [2.05, 4.69) is 39.5 Å². The smallest absolute Gasteiger partial charge is 0.293 e. The highest BCUT2D eigenvalue weighted by Gasteiger charge is 2.15. The second-order valence-electron chi connectivity index (χ2n) is 7.79. The van der Waals surface area contributed by atoms with E-state index in [0.717, 1.165) is 31.6 Å². The van der Waals surface area contributed by atoms with Crippen LogP contribution in [0.4, 0.5) is 0 Å². The number of hydrogen-bond donors (Lipinski definition) is 1. The second kappa shape index (κ2) is 8.79. The Morgan fingerprint density at radius 1 is 1.13 bits per heavy atom. The highest BCUT2D eigenvalue weighted by Crippen LogP contribution is 2.19. The third-order valence-corrected chi connectivity index (χ3v) is 5.64. The monoisotopic (exact) mass is 408 g/mol. The first-order chi connectivity index (χ1) is 14.5. The number of hydrogen-bond acceptors (Lipinski definition) is 5. The van der Waals surface area contributed by atoms with Gasteiger partial charge in [0, 0.05) is 18.7 Å². The van der Waals surface area contributed by atoms with Gasteiger partial charge in [0.2, 0.25) is 5.91 Å². The van der Waals surface area contributed by atoms with E-state index in [9.17, 15) is 9.59 Å². The van der Waals surface area contributed by atoms with Crippen LogP contribution in [0, 0.1) is 6.92 Å². The van der Waals surface area contributed by atoms with Gasteiger partial charge in [-0.05, 0) is 50.9 Å². The maximum absolute atomic E-state index is 12.9. The number of carbonyl (C=O) groups is 1. The van der Waals surface area contributed by atoms with Crippen LogP contribution in [-0.2, 0) is 17.8 Å². The van der Waals surface area contributed by atoms with Gasteiger partial charge in [0.05, 0.1) is 5.69 Å². The van der Waals surface area contributed by atoms with E-state index in [1.165, 1.54) is 23.1 Å². The molecule has 1 fully saturated rings. The number of likely N-dealkylation sites (tertiary alicyclic amines) is 1. The minimum Gasteiger partial charge on any atom is -0.353 e. The average molecular weight is 409 g/mol. The van der Waals surface area contributed by atoms with Gasteiger partial charge >= 0.3 is 0 Å². The molecule has 1 aliphatic rings. The number of nitrogens with one attached hydrogen (secondary N) is 1. The second-order valence-corrected chi connectivity index (χ2v) is 7.79. The summed E-state index contributed by atoms with van der Waals surface area (Å²) < 4.78 is 2.77. The van der Waals surface area contributed by atoms with Crippen LogP contribution in [0.5, 0.6) is 0 Å². The van der Waals surface area contributed by atoms with Crippen molar-refractivity contribution < 1.29 is 4.79 Å². The molecule has 0 unspecified atom stereocenters. The van der Waals surface area contributed by atoms with Crippen molar-refractivity contribution in [2.45, 2.75) is 39.7 Å². The lowest BCUT2D eigenvalue weighted by atomic mass is 10.1. The van der Waals surface area contributed by atoms with E-state index in [1.807, 2.05) is 12.1 Å². The van der Waals surface area contributed by atoms with Crippen molar-refractivity contribution in [1.29, 1.82) is 0 Å². The van der Waals surface area contributed by atoms with E-state index in [1.54, 1.807) is 17.5 Å². The first-order valence-electron chi connectivity index (χ1n) is 10.6. The molecule has 30 heavy (non-hydrogen) atoms. The highest BCUT2D eigenvalue weighted by atomic mass is 16.2. The van der Waals surface area contributed by atoms with Crippen molar-refractivity contribution in [3.63, 3.8) is 0 Å². The van der Waals surface area contributed by atoms with Crippen molar-refractivity contribution in [3.8, 4) is 11.3 Å². The van der Waals surface area contributed by atoms with Crippen LogP contribution < -0.4 is 10.9 Å². The van der Waals surface area contributed by atoms with Gasteiger partial charge in [-0.1, -0.05) is 31.2 Å². The number of rotatable bonds is 7. The molecule has 2 aromatic heterocycles. The number of aromatic nitrogens is 4. The Bertz CT molecular complexity index is 1090. The fourth-order valence-electron chi connectivity index (χ4n) is 3.89. The summed E-state index contributed by atoms with van der Waals surface area (Å²) in [6.07, 6.45) is 3.42. The van der Waals surface area contributed by atoms with E-state index in [0.29, 0.717) is 23.6 Å². The molecule has 3 aromatic rings. The summed E-state index contributed by atoms with van der Waals surface area (Å²) in [5.41, 5.74) is 3.01. The molecule has 0 atom stereocenters. The average Bonchev–Trinajstić information content (AvgIpc) is 3.42. The fraction of sp³-hybridized carbons (Fsp3) is 0.455. The van der Waals surface area contributed by atoms with Gasteiger partial charge in [0.15, 0.2) is 0 Å². The third kappa shape index (κ3) is 4.28. The maximum Gasteiger partial charge on any atom is 0.293 e. The minimum absolute atomic E-state index is 0.0954. The summed E-state index contributed by atoms with van der Waals surface area (Å²) in [4.78, 5) is 27.6. The lowest BCUT2D eigenvalue weighted by Crippen LogP contribution is -2.38. The zero-order chi connectivity index (χ0) is 21.1. The van der Waals surface area contributed by atoms with Crippen molar-refractivity contribution in [1.82, 2.24) is 29.6 Å². The molecule has 1 aliphatic heterocycles. The molecule has 3 heterocycles. The zero-order valence-electron chi connectivity index (χ0n) is 17.6. The minimum atomic E-state index is -0.320.